The molecule has 3 heterocycles. The summed E-state index contributed by atoms with van der Waals surface area (Å²) in [6.07, 6.45) is 5.12. The fourth-order valence-corrected chi connectivity index (χ4v) is 3.57. The molecule has 6 nitrogen and oxygen atoms in total. The molecule has 1 N–H and O–H groups in total. The van der Waals surface area contributed by atoms with Crippen LogP contribution in [0, 0.1) is 18.7 Å². The number of nitrogens with one attached hydrogen (secondary N) is 1. The number of furan rings is 1. The van der Waals surface area contributed by atoms with Gasteiger partial charge in [0.1, 0.15) is 17.3 Å². The number of aromatic nitrogens is 2. The molecule has 0 bridgehead atoms. The van der Waals surface area contributed by atoms with Crippen LogP contribution < -0.4 is 10.2 Å². The fraction of sp³-hybridized carbons (Fsp3) is 0.318. The number of carbonyl (C=O) groups is 1. The van der Waals surface area contributed by atoms with E-state index in [1.165, 1.54) is 12.1 Å². The lowest BCUT2D eigenvalue weighted by Crippen LogP contribution is -2.43. The second kappa shape index (κ2) is 8.43. The highest BCUT2D eigenvalue weighted by atomic mass is 19.1. The Hall–Kier alpha value is -3.22. The van der Waals surface area contributed by atoms with Gasteiger partial charge < -0.3 is 14.6 Å². The van der Waals surface area contributed by atoms with Crippen LogP contribution in [-0.4, -0.2) is 29.0 Å². The third kappa shape index (κ3) is 4.62. The van der Waals surface area contributed by atoms with Gasteiger partial charge in [-0.1, -0.05) is 12.1 Å². The van der Waals surface area contributed by atoms with Crippen LogP contribution in [0.3, 0.4) is 0 Å². The van der Waals surface area contributed by atoms with E-state index < -0.39 is 0 Å². The largest absolute Gasteiger partial charge is 0.465 e. The van der Waals surface area contributed by atoms with Gasteiger partial charge in [0.25, 0.3) is 0 Å². The second-order valence-electron chi connectivity index (χ2n) is 7.30. The molecule has 7 heteroatoms. The molecule has 1 atom stereocenters. The zero-order valence-electron chi connectivity index (χ0n) is 16.3. The van der Waals surface area contributed by atoms with Crippen LogP contribution in [0.2, 0.25) is 0 Å². The van der Waals surface area contributed by atoms with Gasteiger partial charge in [-0.15, -0.1) is 0 Å². The maximum atomic E-state index is 13.4. The lowest BCUT2D eigenvalue weighted by molar-refractivity contribution is -0.125. The molecule has 3 aromatic rings. The Morgan fingerprint density at radius 2 is 2.07 bits per heavy atom. The monoisotopic (exact) mass is 394 g/mol. The van der Waals surface area contributed by atoms with Crippen LogP contribution in [0.5, 0.6) is 0 Å². The summed E-state index contributed by atoms with van der Waals surface area (Å²) in [6.45, 7) is 3.65. The number of aryl methyl sites for hydroxylation is 1. The molecule has 1 aliphatic heterocycles. The minimum Gasteiger partial charge on any atom is -0.465 e. The second-order valence-corrected chi connectivity index (χ2v) is 7.30. The van der Waals surface area contributed by atoms with Crippen molar-refractivity contribution in [3.63, 3.8) is 0 Å². The van der Waals surface area contributed by atoms with E-state index >= 15 is 0 Å². The first-order chi connectivity index (χ1) is 14.1. The van der Waals surface area contributed by atoms with E-state index in [-0.39, 0.29) is 17.6 Å². The topological polar surface area (TPSA) is 71.3 Å². The quantitative estimate of drug-likeness (QED) is 0.714. The van der Waals surface area contributed by atoms with Gasteiger partial charge in [-0.3, -0.25) is 4.79 Å². The van der Waals surface area contributed by atoms with E-state index in [1.807, 2.05) is 30.0 Å². The molecular formula is C22H23FN4O2. The molecule has 1 aromatic carbocycles. The normalized spacial score (nSPS) is 16.6. The minimum absolute atomic E-state index is 0.0140. The van der Waals surface area contributed by atoms with E-state index in [0.29, 0.717) is 19.0 Å². The van der Waals surface area contributed by atoms with Gasteiger partial charge in [-0.05, 0) is 49.6 Å². The Morgan fingerprint density at radius 3 is 2.79 bits per heavy atom. The third-order valence-corrected chi connectivity index (χ3v) is 5.10. The Balaban J connectivity index is 1.38. The predicted octanol–water partition coefficient (Wildman–Crippen LogP) is 3.72. The molecule has 4 rings (SSSR count). The Kier molecular flexibility index (Phi) is 5.55. The molecule has 1 amide bonds. The first kappa shape index (κ1) is 19.1. The zero-order valence-corrected chi connectivity index (χ0v) is 16.3. The summed E-state index contributed by atoms with van der Waals surface area (Å²) < 4.78 is 18.9. The molecule has 0 saturated carbocycles. The van der Waals surface area contributed by atoms with Crippen molar-refractivity contribution in [3.8, 4) is 11.1 Å². The smallest absolute Gasteiger partial charge is 0.225 e. The van der Waals surface area contributed by atoms with Gasteiger partial charge in [0, 0.05) is 31.0 Å². The summed E-state index contributed by atoms with van der Waals surface area (Å²) in [5.41, 5.74) is 1.49. The Bertz CT molecular complexity index is 986. The molecule has 0 radical (unpaired) electrons. The average Bonchev–Trinajstić information content (AvgIpc) is 3.17. The summed E-state index contributed by atoms with van der Waals surface area (Å²) in [7, 11) is 0. The van der Waals surface area contributed by atoms with Gasteiger partial charge in [-0.2, -0.15) is 0 Å². The zero-order chi connectivity index (χ0) is 20.2. The van der Waals surface area contributed by atoms with Crippen LogP contribution in [0.1, 0.15) is 24.4 Å². The summed E-state index contributed by atoms with van der Waals surface area (Å²) >= 11 is 0. The number of carbonyl (C=O) groups excluding carboxylic acids is 1. The molecule has 0 spiro atoms. The predicted molar refractivity (Wildman–Crippen MR) is 108 cm³/mol. The number of hydrogen-bond acceptors (Lipinski definition) is 5. The number of anilines is 1. The van der Waals surface area contributed by atoms with Crippen molar-refractivity contribution in [2.45, 2.75) is 26.3 Å². The van der Waals surface area contributed by atoms with Crippen molar-refractivity contribution < 1.29 is 13.6 Å². The van der Waals surface area contributed by atoms with Crippen LogP contribution in [-0.2, 0) is 11.3 Å². The van der Waals surface area contributed by atoms with Gasteiger partial charge in [0.15, 0.2) is 0 Å². The lowest BCUT2D eigenvalue weighted by Gasteiger charge is -2.32. The SMILES string of the molecule is Cc1ccc(CNC(=O)[C@@H]2CCCN(c3ncc(-c4cccc(F)c4)cn3)C2)o1. The summed E-state index contributed by atoms with van der Waals surface area (Å²) in [5.74, 6) is 1.77. The van der Waals surface area contributed by atoms with Gasteiger partial charge >= 0.3 is 0 Å². The number of amides is 1. The lowest BCUT2D eigenvalue weighted by atomic mass is 9.97. The summed E-state index contributed by atoms with van der Waals surface area (Å²) in [4.78, 5) is 23.5. The Labute approximate surface area is 168 Å². The molecule has 1 aliphatic rings. The highest BCUT2D eigenvalue weighted by molar-refractivity contribution is 5.79. The number of nitrogens with zero attached hydrogens (tertiary/aromatic N) is 3. The minimum atomic E-state index is -0.291. The van der Waals surface area contributed by atoms with E-state index in [9.17, 15) is 9.18 Å². The number of piperidine rings is 1. The van der Waals surface area contributed by atoms with E-state index in [0.717, 1.165) is 42.0 Å². The van der Waals surface area contributed by atoms with Crippen LogP contribution in [0.25, 0.3) is 11.1 Å². The van der Waals surface area contributed by atoms with E-state index in [4.69, 9.17) is 4.42 Å². The average molecular weight is 394 g/mol. The third-order valence-electron chi connectivity index (χ3n) is 5.10. The highest BCUT2D eigenvalue weighted by Gasteiger charge is 2.27. The van der Waals surface area contributed by atoms with Crippen LogP contribution >= 0.6 is 0 Å². The first-order valence-corrected chi connectivity index (χ1v) is 9.74. The van der Waals surface area contributed by atoms with Crippen molar-refractivity contribution in [3.05, 3.63) is 66.1 Å². The molecule has 0 unspecified atom stereocenters. The van der Waals surface area contributed by atoms with E-state index in [1.54, 1.807) is 18.5 Å². The Morgan fingerprint density at radius 1 is 1.24 bits per heavy atom. The first-order valence-electron chi connectivity index (χ1n) is 9.74. The van der Waals surface area contributed by atoms with Gasteiger partial charge in [0.05, 0.1) is 12.5 Å². The number of benzene rings is 1. The molecule has 0 aliphatic carbocycles. The van der Waals surface area contributed by atoms with E-state index in [2.05, 4.69) is 15.3 Å². The number of rotatable bonds is 5. The summed E-state index contributed by atoms with van der Waals surface area (Å²) in [6, 6.07) is 10.1. The van der Waals surface area contributed by atoms with Gasteiger partial charge in [0.2, 0.25) is 11.9 Å². The van der Waals surface area contributed by atoms with Crippen molar-refractivity contribution in [1.82, 2.24) is 15.3 Å². The van der Waals surface area contributed by atoms with Crippen molar-refractivity contribution >= 4 is 11.9 Å². The maximum absolute atomic E-state index is 13.4. The number of halogens is 1. The van der Waals surface area contributed by atoms with Crippen molar-refractivity contribution in [2.24, 2.45) is 5.92 Å². The highest BCUT2D eigenvalue weighted by Crippen LogP contribution is 2.23. The summed E-state index contributed by atoms with van der Waals surface area (Å²) in [5, 5.41) is 2.95. The molecule has 150 valence electrons. The molecule has 2 aromatic heterocycles. The standard InChI is InChI=1S/C22H23FN4O2/c1-15-7-8-20(29-15)13-24-21(28)17-5-3-9-27(14-17)22-25-11-18(12-26-22)16-4-2-6-19(23)10-16/h2,4,6-8,10-12,17H,3,5,9,13-14H2,1H3,(H,24,28)/t17-/m1/s1. The maximum Gasteiger partial charge on any atom is 0.225 e. The van der Waals surface area contributed by atoms with Crippen LogP contribution in [0.15, 0.2) is 53.2 Å². The fourth-order valence-electron chi connectivity index (χ4n) is 3.57. The number of hydrogen-bond donors (Lipinski definition) is 1. The van der Waals surface area contributed by atoms with Crippen molar-refractivity contribution in [1.29, 1.82) is 0 Å². The van der Waals surface area contributed by atoms with Gasteiger partial charge in [-0.25, -0.2) is 14.4 Å². The van der Waals surface area contributed by atoms with Crippen molar-refractivity contribution in [2.75, 3.05) is 18.0 Å². The molecule has 1 fully saturated rings. The molecular weight excluding hydrogens is 371 g/mol. The molecule has 1 saturated heterocycles. The van der Waals surface area contributed by atoms with Crippen LogP contribution in [0.4, 0.5) is 10.3 Å². The molecule has 29 heavy (non-hydrogen) atoms.